The second-order valence-electron chi connectivity index (χ2n) is 4.11. The Morgan fingerprint density at radius 2 is 2.19 bits per heavy atom. The molecule has 2 heteroatoms. The van der Waals surface area contributed by atoms with Gasteiger partial charge in [0.05, 0.1) is 12.7 Å². The van der Waals surface area contributed by atoms with Crippen LogP contribution in [0.3, 0.4) is 0 Å². The van der Waals surface area contributed by atoms with Crippen molar-refractivity contribution in [3.63, 3.8) is 0 Å². The standard InChI is InChI=1S/C14H19NO/c1-2-6-13(7-3-1)8-5-11-16-14-9-4-10-15-12-14/h1-3,5-8,14-15H,4,9-12H2. The van der Waals surface area contributed by atoms with Crippen LogP contribution < -0.4 is 5.32 Å². The maximum Gasteiger partial charge on any atom is 0.0704 e. The van der Waals surface area contributed by atoms with E-state index in [4.69, 9.17) is 4.74 Å². The number of rotatable bonds is 4. The molecule has 1 aromatic rings. The lowest BCUT2D eigenvalue weighted by Crippen LogP contribution is -2.35. The molecule has 0 aromatic heterocycles. The molecule has 2 nitrogen and oxygen atoms in total. The summed E-state index contributed by atoms with van der Waals surface area (Å²) in [6, 6.07) is 10.3. The van der Waals surface area contributed by atoms with Gasteiger partial charge in [0.2, 0.25) is 0 Å². The molecule has 16 heavy (non-hydrogen) atoms. The zero-order chi connectivity index (χ0) is 11.1. The van der Waals surface area contributed by atoms with Crippen LogP contribution in [0.25, 0.3) is 6.08 Å². The number of hydrogen-bond donors (Lipinski definition) is 1. The average molecular weight is 217 g/mol. The monoisotopic (exact) mass is 217 g/mol. The molecule has 1 fully saturated rings. The minimum Gasteiger partial charge on any atom is -0.373 e. The SMILES string of the molecule is C(=Cc1ccccc1)COC1CCCNC1. The van der Waals surface area contributed by atoms with Crippen LogP contribution in [0.1, 0.15) is 18.4 Å². The third-order valence-electron chi connectivity index (χ3n) is 2.79. The lowest BCUT2D eigenvalue weighted by Gasteiger charge is -2.22. The van der Waals surface area contributed by atoms with Crippen LogP contribution in [0.15, 0.2) is 36.4 Å². The summed E-state index contributed by atoms with van der Waals surface area (Å²) in [7, 11) is 0. The lowest BCUT2D eigenvalue weighted by molar-refractivity contribution is 0.0561. The summed E-state index contributed by atoms with van der Waals surface area (Å²) in [5.74, 6) is 0. The van der Waals surface area contributed by atoms with Crippen molar-refractivity contribution in [1.82, 2.24) is 5.32 Å². The zero-order valence-electron chi connectivity index (χ0n) is 9.56. The van der Waals surface area contributed by atoms with Crippen molar-refractivity contribution in [3.8, 4) is 0 Å². The molecule has 0 bridgehead atoms. The van der Waals surface area contributed by atoms with Crippen molar-refractivity contribution in [2.24, 2.45) is 0 Å². The van der Waals surface area contributed by atoms with Crippen LogP contribution in [0.5, 0.6) is 0 Å². The number of hydrogen-bond acceptors (Lipinski definition) is 2. The number of ether oxygens (including phenoxy) is 1. The van der Waals surface area contributed by atoms with Crippen LogP contribution in [0, 0.1) is 0 Å². The molecule has 0 saturated carbocycles. The van der Waals surface area contributed by atoms with E-state index in [1.54, 1.807) is 0 Å². The molecule has 1 saturated heterocycles. The maximum atomic E-state index is 5.76. The minimum atomic E-state index is 0.397. The van der Waals surface area contributed by atoms with E-state index < -0.39 is 0 Å². The van der Waals surface area contributed by atoms with Crippen molar-refractivity contribution in [2.75, 3.05) is 19.7 Å². The summed E-state index contributed by atoms with van der Waals surface area (Å²) in [5, 5.41) is 3.34. The van der Waals surface area contributed by atoms with Gasteiger partial charge in [0, 0.05) is 6.54 Å². The topological polar surface area (TPSA) is 21.3 Å². The number of benzene rings is 1. The molecule has 1 aromatic carbocycles. The van der Waals surface area contributed by atoms with E-state index >= 15 is 0 Å². The van der Waals surface area contributed by atoms with Crippen LogP contribution >= 0.6 is 0 Å². The van der Waals surface area contributed by atoms with Gasteiger partial charge in [-0.1, -0.05) is 42.5 Å². The Morgan fingerprint density at radius 3 is 2.94 bits per heavy atom. The fourth-order valence-corrected chi connectivity index (χ4v) is 1.90. The molecule has 1 aliphatic rings. The van der Waals surface area contributed by atoms with E-state index in [-0.39, 0.29) is 0 Å². The van der Waals surface area contributed by atoms with E-state index in [0.29, 0.717) is 12.7 Å². The summed E-state index contributed by atoms with van der Waals surface area (Å²) < 4.78 is 5.76. The second kappa shape index (κ2) is 6.46. The molecule has 0 radical (unpaired) electrons. The highest BCUT2D eigenvalue weighted by Crippen LogP contribution is 2.06. The van der Waals surface area contributed by atoms with E-state index in [1.807, 2.05) is 18.2 Å². The highest BCUT2D eigenvalue weighted by molar-refractivity contribution is 5.48. The molecule has 1 atom stereocenters. The van der Waals surface area contributed by atoms with Gasteiger partial charge in [-0.3, -0.25) is 0 Å². The van der Waals surface area contributed by atoms with Crippen LogP contribution in [0.4, 0.5) is 0 Å². The molecule has 1 heterocycles. The van der Waals surface area contributed by atoms with Crippen molar-refractivity contribution in [1.29, 1.82) is 0 Å². The fraction of sp³-hybridized carbons (Fsp3) is 0.429. The molecule has 1 N–H and O–H groups in total. The largest absolute Gasteiger partial charge is 0.373 e. The quantitative estimate of drug-likeness (QED) is 0.836. The van der Waals surface area contributed by atoms with Gasteiger partial charge < -0.3 is 10.1 Å². The van der Waals surface area contributed by atoms with Gasteiger partial charge in [-0.05, 0) is 24.9 Å². The molecule has 2 rings (SSSR count). The Balaban J connectivity index is 1.69. The van der Waals surface area contributed by atoms with Crippen LogP contribution in [0.2, 0.25) is 0 Å². The maximum absolute atomic E-state index is 5.76. The Kier molecular flexibility index (Phi) is 4.59. The van der Waals surface area contributed by atoms with Gasteiger partial charge >= 0.3 is 0 Å². The molecule has 0 amide bonds. The summed E-state index contributed by atoms with van der Waals surface area (Å²) in [6.45, 7) is 2.85. The van der Waals surface area contributed by atoms with E-state index in [0.717, 1.165) is 13.1 Å². The first kappa shape index (κ1) is 11.4. The molecule has 1 aliphatic heterocycles. The van der Waals surface area contributed by atoms with Gasteiger partial charge in [0.25, 0.3) is 0 Å². The van der Waals surface area contributed by atoms with Crippen LogP contribution in [-0.4, -0.2) is 25.8 Å². The third-order valence-corrected chi connectivity index (χ3v) is 2.79. The first-order valence-electron chi connectivity index (χ1n) is 5.99. The first-order chi connectivity index (χ1) is 7.95. The minimum absolute atomic E-state index is 0.397. The predicted octanol–water partition coefficient (Wildman–Crippen LogP) is 2.47. The normalized spacial score (nSPS) is 21.4. The summed E-state index contributed by atoms with van der Waals surface area (Å²) >= 11 is 0. The van der Waals surface area contributed by atoms with Crippen molar-refractivity contribution in [3.05, 3.63) is 42.0 Å². The molecule has 0 spiro atoms. The van der Waals surface area contributed by atoms with Gasteiger partial charge in [-0.2, -0.15) is 0 Å². The van der Waals surface area contributed by atoms with E-state index in [1.165, 1.54) is 18.4 Å². The number of piperidine rings is 1. The molecular weight excluding hydrogens is 198 g/mol. The third kappa shape index (κ3) is 3.80. The Morgan fingerprint density at radius 1 is 1.31 bits per heavy atom. The second-order valence-corrected chi connectivity index (χ2v) is 4.11. The summed E-state index contributed by atoms with van der Waals surface area (Å²) in [5.41, 5.74) is 1.23. The molecular formula is C14H19NO. The first-order valence-corrected chi connectivity index (χ1v) is 5.99. The lowest BCUT2D eigenvalue weighted by atomic mass is 10.1. The van der Waals surface area contributed by atoms with Gasteiger partial charge in [0.1, 0.15) is 0 Å². The molecule has 86 valence electrons. The molecule has 1 unspecified atom stereocenters. The van der Waals surface area contributed by atoms with Gasteiger partial charge in [0.15, 0.2) is 0 Å². The van der Waals surface area contributed by atoms with Gasteiger partial charge in [-0.25, -0.2) is 0 Å². The van der Waals surface area contributed by atoms with Crippen molar-refractivity contribution >= 4 is 6.08 Å². The fourth-order valence-electron chi connectivity index (χ4n) is 1.90. The smallest absolute Gasteiger partial charge is 0.0704 e. The number of nitrogens with one attached hydrogen (secondary N) is 1. The Labute approximate surface area is 97.3 Å². The summed E-state index contributed by atoms with van der Waals surface area (Å²) in [6.07, 6.45) is 7.01. The van der Waals surface area contributed by atoms with Gasteiger partial charge in [-0.15, -0.1) is 0 Å². The Hall–Kier alpha value is -1.12. The van der Waals surface area contributed by atoms with E-state index in [9.17, 15) is 0 Å². The predicted molar refractivity (Wildman–Crippen MR) is 67.3 cm³/mol. The molecule has 0 aliphatic carbocycles. The highest BCUT2D eigenvalue weighted by atomic mass is 16.5. The van der Waals surface area contributed by atoms with Crippen molar-refractivity contribution in [2.45, 2.75) is 18.9 Å². The van der Waals surface area contributed by atoms with E-state index in [2.05, 4.69) is 29.6 Å². The zero-order valence-corrected chi connectivity index (χ0v) is 9.56. The van der Waals surface area contributed by atoms with Crippen LogP contribution in [-0.2, 0) is 4.74 Å². The highest BCUT2D eigenvalue weighted by Gasteiger charge is 2.11. The summed E-state index contributed by atoms with van der Waals surface area (Å²) in [4.78, 5) is 0. The van der Waals surface area contributed by atoms with Crippen molar-refractivity contribution < 1.29 is 4.74 Å². The average Bonchev–Trinajstić information content (AvgIpc) is 2.37. The Bertz CT molecular complexity index is 315.